The van der Waals surface area contributed by atoms with Gasteiger partial charge in [0.25, 0.3) is 11.8 Å². The Hall–Kier alpha value is -2.68. The first kappa shape index (κ1) is 40.5. The molecule has 47 heavy (non-hydrogen) atoms. The third kappa shape index (κ3) is 10.4. The quantitative estimate of drug-likeness (QED) is 0.190. The largest absolute Gasteiger partial charge is 0.470 e. The molecule has 0 aliphatic carbocycles. The third-order valence-corrected chi connectivity index (χ3v) is 9.35. The molecule has 14 heteroatoms. The number of ketones is 2. The van der Waals surface area contributed by atoms with Crippen molar-refractivity contribution in [2.24, 2.45) is 0 Å². The standard InChI is InChI=1S/C33H56N4O9S/c1-12-32(13-2,24(7)38)45-22(5)27(40)33(14-3,15-4)46-23(6)30(41)37(31(9,10)11)20-26(44-25(8)39)21-43-29-28(34-47-35-29)36-16-18-42-19-17-36/h22-23,26H,12-21H2,1-11H3/t22?,23?,26-/m0/s1. The van der Waals surface area contributed by atoms with Gasteiger partial charge in [-0.2, -0.15) is 4.37 Å². The van der Waals surface area contributed by atoms with Crippen molar-refractivity contribution in [2.75, 3.05) is 44.4 Å². The van der Waals surface area contributed by atoms with Crippen molar-refractivity contribution < 1.29 is 42.9 Å². The molecule has 1 amide bonds. The molecule has 0 aromatic carbocycles. The van der Waals surface area contributed by atoms with Gasteiger partial charge in [0.2, 0.25) is 5.82 Å². The number of hydrogen-bond donors (Lipinski definition) is 0. The van der Waals surface area contributed by atoms with Crippen LogP contribution >= 0.6 is 11.7 Å². The number of Topliss-reactive ketones (excluding diaryl/α,β-unsaturated/α-hetero) is 2. The third-order valence-electron chi connectivity index (χ3n) is 8.85. The molecule has 2 rings (SSSR count). The van der Waals surface area contributed by atoms with Crippen molar-refractivity contribution in [3.63, 3.8) is 0 Å². The van der Waals surface area contributed by atoms with Crippen molar-refractivity contribution in [3.05, 3.63) is 0 Å². The van der Waals surface area contributed by atoms with E-state index in [1.54, 1.807) is 18.7 Å². The van der Waals surface area contributed by atoms with Crippen LogP contribution in [0.2, 0.25) is 0 Å². The molecule has 1 aliphatic heterocycles. The van der Waals surface area contributed by atoms with E-state index in [9.17, 15) is 19.2 Å². The van der Waals surface area contributed by atoms with Crippen LogP contribution in [0.3, 0.4) is 0 Å². The van der Waals surface area contributed by atoms with Crippen molar-refractivity contribution in [3.8, 4) is 5.88 Å². The molecular formula is C33H56N4O9S. The molecule has 1 aromatic heterocycles. The summed E-state index contributed by atoms with van der Waals surface area (Å²) in [7, 11) is 0. The van der Waals surface area contributed by atoms with Gasteiger partial charge in [0, 0.05) is 25.6 Å². The summed E-state index contributed by atoms with van der Waals surface area (Å²) in [6.45, 7) is 21.4. The topological polar surface area (TPSA) is 147 Å². The van der Waals surface area contributed by atoms with Gasteiger partial charge >= 0.3 is 5.97 Å². The van der Waals surface area contributed by atoms with Crippen LogP contribution in [0.4, 0.5) is 5.82 Å². The maximum atomic E-state index is 14.1. The van der Waals surface area contributed by atoms with Crippen LogP contribution in [0.5, 0.6) is 5.88 Å². The molecule has 1 saturated heterocycles. The van der Waals surface area contributed by atoms with Crippen molar-refractivity contribution in [2.45, 2.75) is 137 Å². The maximum Gasteiger partial charge on any atom is 0.303 e. The van der Waals surface area contributed by atoms with Gasteiger partial charge in [-0.05, 0) is 67.2 Å². The number of anilines is 1. The summed E-state index contributed by atoms with van der Waals surface area (Å²) < 4.78 is 38.3. The monoisotopic (exact) mass is 684 g/mol. The lowest BCUT2D eigenvalue weighted by atomic mass is 9.87. The Morgan fingerprint density at radius 2 is 1.45 bits per heavy atom. The predicted octanol–water partition coefficient (Wildman–Crippen LogP) is 4.40. The van der Waals surface area contributed by atoms with Crippen molar-refractivity contribution in [1.82, 2.24) is 13.6 Å². The molecule has 268 valence electrons. The van der Waals surface area contributed by atoms with E-state index in [-0.39, 0.29) is 30.6 Å². The number of aromatic nitrogens is 2. The molecular weight excluding hydrogens is 628 g/mol. The fraction of sp³-hybridized carbons (Fsp3) is 0.818. The second kappa shape index (κ2) is 17.6. The molecule has 2 heterocycles. The molecule has 1 aromatic rings. The fourth-order valence-corrected chi connectivity index (χ4v) is 6.38. The lowest BCUT2D eigenvalue weighted by Gasteiger charge is -2.42. The number of hydrogen-bond acceptors (Lipinski definition) is 13. The van der Waals surface area contributed by atoms with Gasteiger partial charge in [-0.1, -0.05) is 27.7 Å². The van der Waals surface area contributed by atoms with E-state index < -0.39 is 41.0 Å². The number of carbonyl (C=O) groups excluding carboxylic acids is 4. The molecule has 0 N–H and O–H groups in total. The number of esters is 1. The zero-order chi connectivity index (χ0) is 35.6. The van der Waals surface area contributed by atoms with Crippen LogP contribution in [0.1, 0.15) is 102 Å². The van der Waals surface area contributed by atoms with Crippen LogP contribution in [0.15, 0.2) is 0 Å². The molecule has 13 nitrogen and oxygen atoms in total. The Labute approximate surface area is 284 Å². The number of ether oxygens (including phenoxy) is 5. The fourth-order valence-electron chi connectivity index (χ4n) is 5.86. The molecule has 0 saturated carbocycles. The highest BCUT2D eigenvalue weighted by Gasteiger charge is 2.46. The highest BCUT2D eigenvalue weighted by atomic mass is 32.1. The molecule has 0 radical (unpaired) electrons. The summed E-state index contributed by atoms with van der Waals surface area (Å²) in [5, 5.41) is 0. The normalized spacial score (nSPS) is 16.3. The van der Waals surface area contributed by atoms with Crippen LogP contribution in [0.25, 0.3) is 0 Å². The lowest BCUT2D eigenvalue weighted by molar-refractivity contribution is -0.184. The van der Waals surface area contributed by atoms with E-state index in [1.165, 1.54) is 13.8 Å². The van der Waals surface area contributed by atoms with Crippen molar-refractivity contribution in [1.29, 1.82) is 0 Å². The Balaban J connectivity index is 2.27. The van der Waals surface area contributed by atoms with Gasteiger partial charge in [-0.3, -0.25) is 19.2 Å². The van der Waals surface area contributed by atoms with Gasteiger partial charge in [0.15, 0.2) is 17.7 Å². The van der Waals surface area contributed by atoms with E-state index >= 15 is 0 Å². The molecule has 1 fully saturated rings. The Kier molecular flexibility index (Phi) is 15.2. The smallest absolute Gasteiger partial charge is 0.303 e. The molecule has 0 bridgehead atoms. The highest BCUT2D eigenvalue weighted by Crippen LogP contribution is 2.32. The second-order valence-electron chi connectivity index (χ2n) is 13.0. The van der Waals surface area contributed by atoms with Gasteiger partial charge in [0.1, 0.15) is 30.0 Å². The van der Waals surface area contributed by atoms with E-state index in [4.69, 9.17) is 23.7 Å². The van der Waals surface area contributed by atoms with Crippen LogP contribution in [0, 0.1) is 0 Å². The molecule has 1 aliphatic rings. The van der Waals surface area contributed by atoms with Crippen LogP contribution in [-0.4, -0.2) is 112 Å². The van der Waals surface area contributed by atoms with Gasteiger partial charge in [-0.25, -0.2) is 0 Å². The summed E-state index contributed by atoms with van der Waals surface area (Å²) in [5.41, 5.74) is -3.11. The molecule has 0 spiro atoms. The number of rotatable bonds is 19. The first-order valence-corrected chi connectivity index (χ1v) is 17.4. The predicted molar refractivity (Wildman–Crippen MR) is 179 cm³/mol. The average molecular weight is 685 g/mol. The number of carbonyl (C=O) groups is 4. The SMILES string of the molecule is CCC(CC)(OC(C)C(=O)C(CC)(CC)OC(C)C(=O)N(C[C@@H](COc1nsnc1N1CCOCC1)OC(C)=O)C(C)(C)C)C(C)=O. The van der Waals surface area contributed by atoms with E-state index in [0.29, 0.717) is 63.7 Å². The number of morpholine rings is 1. The van der Waals surface area contributed by atoms with E-state index in [2.05, 4.69) is 8.75 Å². The van der Waals surface area contributed by atoms with E-state index in [1.807, 2.05) is 53.4 Å². The van der Waals surface area contributed by atoms with Gasteiger partial charge in [-0.15, -0.1) is 4.37 Å². The summed E-state index contributed by atoms with van der Waals surface area (Å²) in [4.78, 5) is 56.3. The molecule has 3 atom stereocenters. The zero-order valence-electron chi connectivity index (χ0n) is 30.2. The minimum Gasteiger partial charge on any atom is -0.470 e. The summed E-state index contributed by atoms with van der Waals surface area (Å²) in [6, 6.07) is 0. The number of nitrogens with zero attached hydrogens (tertiary/aromatic N) is 4. The minimum atomic E-state index is -1.33. The summed E-state index contributed by atoms with van der Waals surface area (Å²) >= 11 is 1.02. The second-order valence-corrected chi connectivity index (χ2v) is 13.5. The summed E-state index contributed by atoms with van der Waals surface area (Å²) in [6.07, 6.45) is -1.35. The van der Waals surface area contributed by atoms with Gasteiger partial charge in [0.05, 0.1) is 31.5 Å². The van der Waals surface area contributed by atoms with Crippen molar-refractivity contribution >= 4 is 41.0 Å². The molecule has 2 unspecified atom stereocenters. The first-order valence-electron chi connectivity index (χ1n) is 16.7. The Morgan fingerprint density at radius 1 is 0.894 bits per heavy atom. The number of amides is 1. The zero-order valence-corrected chi connectivity index (χ0v) is 31.0. The maximum absolute atomic E-state index is 14.1. The first-order chi connectivity index (χ1) is 22.0. The van der Waals surface area contributed by atoms with Crippen LogP contribution < -0.4 is 9.64 Å². The van der Waals surface area contributed by atoms with Crippen LogP contribution in [-0.2, 0) is 38.1 Å². The highest BCUT2D eigenvalue weighted by molar-refractivity contribution is 6.99. The van der Waals surface area contributed by atoms with E-state index in [0.717, 1.165) is 11.7 Å². The Bertz CT molecular complexity index is 1190. The summed E-state index contributed by atoms with van der Waals surface area (Å²) in [5.74, 6) is -0.443. The Morgan fingerprint density at radius 3 is 1.94 bits per heavy atom. The van der Waals surface area contributed by atoms with Gasteiger partial charge < -0.3 is 33.5 Å². The minimum absolute atomic E-state index is 0.00685. The average Bonchev–Trinajstić information content (AvgIpc) is 3.51. The lowest BCUT2D eigenvalue weighted by Crippen LogP contribution is -2.57.